The van der Waals surface area contributed by atoms with Crippen molar-refractivity contribution in [1.29, 1.82) is 0 Å². The molecule has 0 aromatic heterocycles. The van der Waals surface area contributed by atoms with E-state index in [1.807, 2.05) is 6.92 Å². The second-order valence-corrected chi connectivity index (χ2v) is 34.6. The van der Waals surface area contributed by atoms with Crippen molar-refractivity contribution < 1.29 is 108 Å². The smallest absolute Gasteiger partial charge is 0.377 e. The molecule has 8 saturated carbocycles. The molecule has 15 fully saturated rings. The first-order valence-electron chi connectivity index (χ1n) is 35.4. The number of rotatable bonds is 13. The van der Waals surface area contributed by atoms with Crippen LogP contribution in [0.5, 0.6) is 0 Å². The minimum atomic E-state index is -3.55. The maximum atomic E-state index is 13.6. The zero-order valence-electron chi connectivity index (χ0n) is 58.0. The van der Waals surface area contributed by atoms with Gasteiger partial charge in [-0.25, -0.2) is 19.2 Å². The topological polar surface area (TPSA) is 215 Å². The first kappa shape index (κ1) is 72.2. The lowest BCUT2D eigenvalue weighted by atomic mass is 9.51. The highest BCUT2D eigenvalue weighted by atomic mass is 32.2. The van der Waals surface area contributed by atoms with Crippen LogP contribution < -0.4 is 0 Å². The highest BCUT2D eigenvalue weighted by Crippen LogP contribution is 2.68. The third-order valence-corrected chi connectivity index (χ3v) is 26.6. The Morgan fingerprint density at radius 1 is 0.554 bits per heavy atom. The first-order valence-corrected chi connectivity index (χ1v) is 38.2. The van der Waals surface area contributed by atoms with Gasteiger partial charge in [0.25, 0.3) is 0 Å². The van der Waals surface area contributed by atoms with Gasteiger partial charge in [-0.2, -0.15) is 17.6 Å². The Morgan fingerprint density at radius 2 is 0.960 bits per heavy atom. The van der Waals surface area contributed by atoms with E-state index in [1.54, 1.807) is 6.92 Å². The Bertz CT molecular complexity index is 3520. The second-order valence-electron chi connectivity index (χ2n) is 30.3. The fourth-order valence-corrected chi connectivity index (χ4v) is 22.1. The summed E-state index contributed by atoms with van der Waals surface area (Å²) in [6, 6.07) is 41.4. The second kappa shape index (κ2) is 28.0. The Labute approximate surface area is 591 Å². The van der Waals surface area contributed by atoms with Gasteiger partial charge >= 0.3 is 41.7 Å². The van der Waals surface area contributed by atoms with Crippen LogP contribution in [0.2, 0.25) is 0 Å². The van der Waals surface area contributed by atoms with Gasteiger partial charge < -0.3 is 66.3 Å². The average Bonchev–Trinajstić information content (AvgIpc) is 1.67. The summed E-state index contributed by atoms with van der Waals surface area (Å²) in [4.78, 5) is 65.5. The predicted molar refractivity (Wildman–Crippen MR) is 355 cm³/mol. The molecular weight excluding hydrogens is 1360 g/mol. The Hall–Kier alpha value is -5.71. The Kier molecular flexibility index (Phi) is 20.0. The van der Waals surface area contributed by atoms with E-state index < -0.39 is 132 Å². The number of hydrogen-bond acceptors (Lipinski definition) is 19. The third kappa shape index (κ3) is 14.3. The lowest BCUT2D eigenvalue weighted by Crippen LogP contribution is -2.66. The predicted octanol–water partition coefficient (Wildman–Crippen LogP) is 11.5. The summed E-state index contributed by atoms with van der Waals surface area (Å²) in [6.45, 7) is 14.9. The summed E-state index contributed by atoms with van der Waals surface area (Å²) in [5.41, 5.74) is -0.169. The molecule has 7 aliphatic heterocycles. The van der Waals surface area contributed by atoms with Gasteiger partial charge in [0.2, 0.25) is 6.10 Å². The Morgan fingerprint density at radius 3 is 1.35 bits per heavy atom. The lowest BCUT2D eigenvalue weighted by molar-refractivity contribution is -0.344. The van der Waals surface area contributed by atoms with Crippen LogP contribution in [-0.2, 0) is 117 Å². The first-order chi connectivity index (χ1) is 48.0. The van der Waals surface area contributed by atoms with Crippen molar-refractivity contribution in [2.24, 2.45) is 35.5 Å². The van der Waals surface area contributed by atoms with Crippen LogP contribution >= 0.6 is 0 Å². The number of esters is 5. The molecule has 101 heavy (non-hydrogen) atoms. The Balaban J connectivity index is 0.000000120. The van der Waals surface area contributed by atoms with Gasteiger partial charge in [-0.05, 0) is 149 Å². The average molecular weight is 1450 g/mol. The van der Waals surface area contributed by atoms with Gasteiger partial charge in [-0.3, -0.25) is 4.79 Å². The molecule has 0 amide bonds. The molecule has 8 aliphatic carbocycles. The zero-order chi connectivity index (χ0) is 71.2. The van der Waals surface area contributed by atoms with Gasteiger partial charge in [-0.15, -0.1) is 0 Å². The summed E-state index contributed by atoms with van der Waals surface area (Å²) < 4.78 is 135. The van der Waals surface area contributed by atoms with Crippen molar-refractivity contribution in [3.63, 3.8) is 0 Å². The number of alkyl halides is 4. The van der Waals surface area contributed by atoms with Crippen LogP contribution in [-0.4, -0.2) is 163 Å². The number of carbonyl (C=O) groups is 5. The van der Waals surface area contributed by atoms with Crippen molar-refractivity contribution in [2.45, 2.75) is 247 Å². The number of halogens is 4. The fourth-order valence-electron chi connectivity index (χ4n) is 18.2. The molecule has 0 radical (unpaired) electrons. The summed E-state index contributed by atoms with van der Waals surface area (Å²) in [7, 11) is 0.417. The quantitative estimate of drug-likeness (QED) is 0.0400. The minimum Gasteiger partial charge on any atom is -0.455 e. The van der Waals surface area contributed by atoms with E-state index >= 15 is 0 Å². The number of carbonyl (C=O) groups excluding carboxylic acids is 5. The maximum absolute atomic E-state index is 13.6. The highest BCUT2D eigenvalue weighted by Gasteiger charge is 2.76. The molecule has 7 heterocycles. The van der Waals surface area contributed by atoms with E-state index in [9.17, 15) is 41.5 Å². The number of benzene rings is 4. The molecule has 4 aromatic rings. The number of ether oxygens (including phenoxy) is 14. The molecule has 4 aromatic carbocycles. The SMILES string of the molecule is CC(=O)OC1C(=O)OC2C3OC4(OC3OC12)C1CC2CC4CC(OC(=O)C(C)(F)F)(C2)C1.CC(C)(C)c1ccc([S+]2CCOCC2)cc1.CCOC(C)OC1C(=O)OC2C3OC4(OC3OC12)C1CC2CC4CC(OC(=O)C(C)(F)F)(C2)C1.c1ccc([S+](c2ccccc2)c2ccccc2)cc1. The number of hydrogen-bond donors (Lipinski definition) is 0. The van der Waals surface area contributed by atoms with Crippen LogP contribution in [0.3, 0.4) is 0 Å². The van der Waals surface area contributed by atoms with Gasteiger partial charge in [0, 0.05) is 61.9 Å². The van der Waals surface area contributed by atoms with E-state index in [-0.39, 0.29) is 51.8 Å². The lowest BCUT2D eigenvalue weighted by Gasteiger charge is -2.62. The van der Waals surface area contributed by atoms with Gasteiger partial charge in [-0.1, -0.05) is 87.5 Å². The summed E-state index contributed by atoms with van der Waals surface area (Å²) in [6.07, 6.45) is -2.63. The van der Waals surface area contributed by atoms with Crippen molar-refractivity contribution in [3.8, 4) is 0 Å². The van der Waals surface area contributed by atoms with Gasteiger partial charge in [0.15, 0.2) is 80.5 Å². The molecule has 546 valence electrons. The molecule has 2 spiro atoms. The van der Waals surface area contributed by atoms with Gasteiger partial charge in [0.05, 0.1) is 24.1 Å². The summed E-state index contributed by atoms with van der Waals surface area (Å²) in [5, 5.41) is 0. The van der Waals surface area contributed by atoms with E-state index in [1.165, 1.54) is 43.6 Å². The molecule has 7 saturated heterocycles. The number of fused-ring (bicyclic) bond motifs is 6. The van der Waals surface area contributed by atoms with Crippen LogP contribution in [0.15, 0.2) is 135 Å². The van der Waals surface area contributed by atoms with Crippen molar-refractivity contribution in [1.82, 2.24) is 0 Å². The van der Waals surface area contributed by atoms with Crippen LogP contribution in [0.25, 0.3) is 0 Å². The largest absolute Gasteiger partial charge is 0.455 e. The molecule has 19 rings (SSSR count). The van der Waals surface area contributed by atoms with Gasteiger partial charge in [0.1, 0.15) is 34.9 Å². The van der Waals surface area contributed by atoms with E-state index in [2.05, 4.69) is 136 Å². The zero-order valence-corrected chi connectivity index (χ0v) is 59.6. The van der Waals surface area contributed by atoms with Crippen molar-refractivity contribution in [3.05, 3.63) is 121 Å². The molecule has 8 bridgehead atoms. The van der Waals surface area contributed by atoms with E-state index in [4.69, 9.17) is 66.3 Å². The maximum Gasteiger partial charge on any atom is 0.377 e. The molecule has 19 nitrogen and oxygen atoms in total. The standard InChI is InChI=1S/C23H30F2O9.C21H24F2O9.C18H15S.C14H21OS/c1-4-28-10(2)29-16-14-15(30-18(16)26)17-19(31-14)33-23(32-17)12-5-11-6-13(23)9-22(7-11,8-12)34-20(27)21(3,24)25;1-8(24)27-14-12-13(28-16(14)25)15-17(29-12)31-21(30-15)10-3-9-4-11(21)7-20(5-9,6-10)32-18(26)19(2,22)23;1-4-10-16(11-5-1)19(17-12-6-2-7-13-17)18-14-8-3-9-15-18;1-14(2,3)12-4-6-13(7-5-12)16-10-8-15-9-11-16/h10-17,19H,4-9H2,1-3H3;9-15,17H,3-7H2,1-2H3;1-15H;4-7H,8-11H2,1-3H3/q;;2*+1. The fraction of sp³-hybridized carbons (Fsp3) is 0.618. The molecule has 25 heteroatoms. The van der Waals surface area contributed by atoms with Crippen LogP contribution in [0.4, 0.5) is 17.6 Å². The molecule has 15 atom stereocenters. The van der Waals surface area contributed by atoms with Crippen LogP contribution in [0.1, 0.15) is 125 Å². The molecular formula is C76H90F4O19S2+2. The van der Waals surface area contributed by atoms with Crippen LogP contribution in [0, 0.1) is 35.5 Å². The van der Waals surface area contributed by atoms with E-state index in [0.717, 1.165) is 38.9 Å². The minimum absolute atomic E-state index is 0.0146. The highest BCUT2D eigenvalue weighted by molar-refractivity contribution is 7.97. The molecule has 15 unspecified atom stereocenters. The van der Waals surface area contributed by atoms with Crippen molar-refractivity contribution in [2.75, 3.05) is 31.3 Å². The van der Waals surface area contributed by atoms with E-state index in [0.29, 0.717) is 69.9 Å². The normalized spacial score (nSPS) is 37.5. The summed E-state index contributed by atoms with van der Waals surface area (Å²) >= 11 is 0. The molecule has 15 aliphatic rings. The summed E-state index contributed by atoms with van der Waals surface area (Å²) in [5.74, 6) is -11.6. The third-order valence-electron chi connectivity index (χ3n) is 22.1. The molecule has 0 N–H and O–H groups in total. The van der Waals surface area contributed by atoms with Crippen molar-refractivity contribution >= 4 is 51.6 Å². The monoisotopic (exact) mass is 1450 g/mol.